The van der Waals surface area contributed by atoms with Gasteiger partial charge < -0.3 is 10.6 Å². The molecule has 2 rings (SSSR count). The molecule has 2 unspecified atom stereocenters. The number of rotatable bonds is 4. The number of nitrogens with one attached hydrogen (secondary N) is 2. The van der Waals surface area contributed by atoms with Gasteiger partial charge in [-0.15, -0.1) is 0 Å². The quantitative estimate of drug-likeness (QED) is 0.632. The Labute approximate surface area is 108 Å². The minimum absolute atomic E-state index is 0.188. The van der Waals surface area contributed by atoms with E-state index < -0.39 is 0 Å². The van der Waals surface area contributed by atoms with Crippen LogP contribution in [0.15, 0.2) is 29.3 Å². The zero-order chi connectivity index (χ0) is 13.0. The molecule has 1 aliphatic carbocycles. The maximum absolute atomic E-state index is 12.7. The molecule has 0 radical (unpaired) electrons. The topological polar surface area (TPSA) is 36.4 Å². The Morgan fingerprint density at radius 2 is 2.06 bits per heavy atom. The van der Waals surface area contributed by atoms with Crippen molar-refractivity contribution in [1.29, 1.82) is 0 Å². The van der Waals surface area contributed by atoms with Crippen LogP contribution >= 0.6 is 0 Å². The molecule has 4 heteroatoms. The molecule has 1 saturated carbocycles. The van der Waals surface area contributed by atoms with Crippen LogP contribution in [0.3, 0.4) is 0 Å². The lowest BCUT2D eigenvalue weighted by Crippen LogP contribution is -2.39. The van der Waals surface area contributed by atoms with Gasteiger partial charge in [0.05, 0.1) is 0 Å². The minimum atomic E-state index is -0.188. The van der Waals surface area contributed by atoms with Gasteiger partial charge >= 0.3 is 0 Å². The molecule has 1 aromatic rings. The molecule has 98 valence electrons. The summed E-state index contributed by atoms with van der Waals surface area (Å²) in [6.07, 6.45) is 2.08. The third-order valence-electron chi connectivity index (χ3n) is 3.27. The molecule has 0 saturated heterocycles. The fraction of sp³-hybridized carbons (Fsp3) is 0.500. The summed E-state index contributed by atoms with van der Waals surface area (Å²) in [4.78, 5) is 4.18. The Kier molecular flexibility index (Phi) is 4.18. The van der Waals surface area contributed by atoms with Gasteiger partial charge in [0.15, 0.2) is 5.96 Å². The van der Waals surface area contributed by atoms with Gasteiger partial charge in [-0.25, -0.2) is 4.39 Å². The third-order valence-corrected chi connectivity index (χ3v) is 3.27. The highest BCUT2D eigenvalue weighted by molar-refractivity contribution is 5.80. The second-order valence-electron chi connectivity index (χ2n) is 4.84. The molecule has 0 amide bonds. The SMILES string of the molecule is CN=C(NCCc1ccc(F)cc1)NC1CC1C. The number of nitrogens with zero attached hydrogens (tertiary/aromatic N) is 1. The Balaban J connectivity index is 1.72. The Hall–Kier alpha value is -1.58. The first kappa shape index (κ1) is 12.9. The summed E-state index contributed by atoms with van der Waals surface area (Å²) in [7, 11) is 1.78. The first-order valence-electron chi connectivity index (χ1n) is 6.40. The summed E-state index contributed by atoms with van der Waals surface area (Å²) in [5.41, 5.74) is 1.12. The normalized spacial score (nSPS) is 22.7. The highest BCUT2D eigenvalue weighted by Crippen LogP contribution is 2.28. The molecule has 0 bridgehead atoms. The Morgan fingerprint density at radius 1 is 1.39 bits per heavy atom. The maximum atomic E-state index is 12.7. The Bertz CT molecular complexity index is 414. The van der Waals surface area contributed by atoms with Crippen LogP contribution in [-0.2, 0) is 6.42 Å². The average molecular weight is 249 g/mol. The molecule has 2 N–H and O–H groups in total. The van der Waals surface area contributed by atoms with Gasteiger partial charge in [-0.05, 0) is 36.5 Å². The van der Waals surface area contributed by atoms with E-state index in [0.29, 0.717) is 6.04 Å². The van der Waals surface area contributed by atoms with Gasteiger partial charge in [0.25, 0.3) is 0 Å². The summed E-state index contributed by atoms with van der Waals surface area (Å²) in [5, 5.41) is 6.63. The fourth-order valence-electron chi connectivity index (χ4n) is 1.87. The second-order valence-corrected chi connectivity index (χ2v) is 4.84. The molecule has 1 aromatic carbocycles. The highest BCUT2D eigenvalue weighted by Gasteiger charge is 2.33. The van der Waals surface area contributed by atoms with Crippen molar-refractivity contribution in [2.24, 2.45) is 10.9 Å². The van der Waals surface area contributed by atoms with Crippen molar-refractivity contribution in [1.82, 2.24) is 10.6 Å². The van der Waals surface area contributed by atoms with Gasteiger partial charge in [-0.3, -0.25) is 4.99 Å². The molecular formula is C14H20FN3. The van der Waals surface area contributed by atoms with Crippen LogP contribution in [0, 0.1) is 11.7 Å². The smallest absolute Gasteiger partial charge is 0.191 e. The average Bonchev–Trinajstić information content (AvgIpc) is 3.06. The summed E-state index contributed by atoms with van der Waals surface area (Å²) in [6.45, 7) is 3.02. The van der Waals surface area contributed by atoms with Crippen LogP contribution in [0.1, 0.15) is 18.9 Å². The monoisotopic (exact) mass is 249 g/mol. The van der Waals surface area contributed by atoms with Crippen molar-refractivity contribution in [2.75, 3.05) is 13.6 Å². The molecule has 0 aliphatic heterocycles. The zero-order valence-corrected chi connectivity index (χ0v) is 10.9. The molecule has 0 heterocycles. The van der Waals surface area contributed by atoms with Gasteiger partial charge in [-0.2, -0.15) is 0 Å². The standard InChI is InChI=1S/C14H20FN3/c1-10-9-13(10)18-14(16-2)17-8-7-11-3-5-12(15)6-4-11/h3-6,10,13H,7-9H2,1-2H3,(H2,16,17,18). The van der Waals surface area contributed by atoms with E-state index in [4.69, 9.17) is 0 Å². The minimum Gasteiger partial charge on any atom is -0.356 e. The summed E-state index contributed by atoms with van der Waals surface area (Å²) in [6, 6.07) is 7.19. The van der Waals surface area contributed by atoms with E-state index in [-0.39, 0.29) is 5.82 Å². The van der Waals surface area contributed by atoms with E-state index in [2.05, 4.69) is 22.5 Å². The van der Waals surface area contributed by atoms with E-state index in [1.165, 1.54) is 18.6 Å². The van der Waals surface area contributed by atoms with Crippen LogP contribution in [0.5, 0.6) is 0 Å². The van der Waals surface area contributed by atoms with Crippen LogP contribution < -0.4 is 10.6 Å². The van der Waals surface area contributed by atoms with E-state index in [9.17, 15) is 4.39 Å². The van der Waals surface area contributed by atoms with Crippen LogP contribution in [0.25, 0.3) is 0 Å². The molecule has 0 spiro atoms. The molecule has 1 fully saturated rings. The predicted molar refractivity (Wildman–Crippen MR) is 72.2 cm³/mol. The number of aliphatic imine (C=N–C) groups is 1. The molecule has 2 atom stereocenters. The van der Waals surface area contributed by atoms with Gasteiger partial charge in [0.2, 0.25) is 0 Å². The molecule has 0 aromatic heterocycles. The predicted octanol–water partition coefficient (Wildman–Crippen LogP) is 1.94. The second kappa shape index (κ2) is 5.85. The third kappa shape index (κ3) is 3.72. The maximum Gasteiger partial charge on any atom is 0.191 e. The number of benzene rings is 1. The van der Waals surface area contributed by atoms with E-state index in [1.54, 1.807) is 7.05 Å². The van der Waals surface area contributed by atoms with Crippen molar-refractivity contribution in [2.45, 2.75) is 25.8 Å². The fourth-order valence-corrected chi connectivity index (χ4v) is 1.87. The zero-order valence-electron chi connectivity index (χ0n) is 10.9. The van der Waals surface area contributed by atoms with Crippen LogP contribution in [0.4, 0.5) is 4.39 Å². The van der Waals surface area contributed by atoms with Crippen molar-refractivity contribution >= 4 is 5.96 Å². The molecule has 1 aliphatic rings. The lowest BCUT2D eigenvalue weighted by atomic mass is 10.1. The number of guanidine groups is 1. The van der Waals surface area contributed by atoms with E-state index in [0.717, 1.165) is 30.4 Å². The van der Waals surface area contributed by atoms with Crippen molar-refractivity contribution in [3.63, 3.8) is 0 Å². The highest BCUT2D eigenvalue weighted by atomic mass is 19.1. The number of hydrogen-bond acceptors (Lipinski definition) is 1. The van der Waals surface area contributed by atoms with E-state index >= 15 is 0 Å². The molecule has 3 nitrogen and oxygen atoms in total. The largest absolute Gasteiger partial charge is 0.356 e. The number of hydrogen-bond donors (Lipinski definition) is 2. The van der Waals surface area contributed by atoms with Crippen molar-refractivity contribution < 1.29 is 4.39 Å². The molecular weight excluding hydrogens is 229 g/mol. The lowest BCUT2D eigenvalue weighted by Gasteiger charge is -2.11. The van der Waals surface area contributed by atoms with Gasteiger partial charge in [0, 0.05) is 19.6 Å². The summed E-state index contributed by atoms with van der Waals surface area (Å²) >= 11 is 0. The van der Waals surface area contributed by atoms with Crippen molar-refractivity contribution in [3.05, 3.63) is 35.6 Å². The number of halogens is 1. The first-order chi connectivity index (χ1) is 8.69. The van der Waals surface area contributed by atoms with Crippen LogP contribution in [-0.4, -0.2) is 25.6 Å². The van der Waals surface area contributed by atoms with Crippen molar-refractivity contribution in [3.8, 4) is 0 Å². The summed E-state index contributed by atoms with van der Waals surface area (Å²) in [5.74, 6) is 1.42. The first-order valence-corrected chi connectivity index (χ1v) is 6.40. The summed E-state index contributed by atoms with van der Waals surface area (Å²) < 4.78 is 12.7. The lowest BCUT2D eigenvalue weighted by molar-refractivity contribution is 0.626. The van der Waals surface area contributed by atoms with E-state index in [1.807, 2.05) is 12.1 Å². The van der Waals surface area contributed by atoms with Gasteiger partial charge in [-0.1, -0.05) is 19.1 Å². The molecule has 18 heavy (non-hydrogen) atoms. The van der Waals surface area contributed by atoms with Gasteiger partial charge in [0.1, 0.15) is 5.82 Å². The van der Waals surface area contributed by atoms with Crippen LogP contribution in [0.2, 0.25) is 0 Å². The Morgan fingerprint density at radius 3 is 2.61 bits per heavy atom.